The smallest absolute Gasteiger partial charge is 0.225 e. The van der Waals surface area contributed by atoms with E-state index < -0.39 is 0 Å². The summed E-state index contributed by atoms with van der Waals surface area (Å²) in [6.45, 7) is 3.15. The van der Waals surface area contributed by atoms with Crippen LogP contribution in [0.5, 0.6) is 0 Å². The van der Waals surface area contributed by atoms with E-state index in [2.05, 4.69) is 5.32 Å². The highest BCUT2D eigenvalue weighted by atomic mass is 35.5. The first kappa shape index (κ1) is 22.7. The number of carbonyl (C=O) groups is 2. The van der Waals surface area contributed by atoms with Crippen LogP contribution in [0.1, 0.15) is 36.9 Å². The molecule has 2 aromatic rings. The highest BCUT2D eigenvalue weighted by molar-refractivity contribution is 5.85. The Morgan fingerprint density at radius 2 is 1.63 bits per heavy atom. The largest absolute Gasteiger partial charge is 0.349 e. The van der Waals surface area contributed by atoms with Crippen LogP contribution in [0.25, 0.3) is 0 Å². The molecule has 6 heteroatoms. The fraction of sp³-hybridized carbons (Fsp3) is 0.333. The molecule has 2 rings (SSSR count). The van der Waals surface area contributed by atoms with Crippen LogP contribution in [-0.4, -0.2) is 29.8 Å². The second kappa shape index (κ2) is 12.1. The lowest BCUT2D eigenvalue weighted by molar-refractivity contribution is -0.132. The topological polar surface area (TPSA) is 75.4 Å². The summed E-state index contributed by atoms with van der Waals surface area (Å²) in [5, 5.41) is 2.89. The molecule has 3 N–H and O–H groups in total. The van der Waals surface area contributed by atoms with E-state index in [1.807, 2.05) is 65.6 Å². The molecule has 146 valence electrons. The van der Waals surface area contributed by atoms with E-state index in [0.717, 1.165) is 17.5 Å². The normalized spacial score (nSPS) is 11.2. The summed E-state index contributed by atoms with van der Waals surface area (Å²) in [5.74, 6) is -0.145. The van der Waals surface area contributed by atoms with Crippen molar-refractivity contribution in [1.29, 1.82) is 0 Å². The monoisotopic (exact) mass is 389 g/mol. The van der Waals surface area contributed by atoms with E-state index in [-0.39, 0.29) is 36.7 Å². The fourth-order valence-electron chi connectivity index (χ4n) is 2.86. The Balaban J connectivity index is 0.00000364. The maximum atomic E-state index is 13.0. The number of hydrogen-bond donors (Lipinski definition) is 2. The van der Waals surface area contributed by atoms with Crippen molar-refractivity contribution >= 4 is 24.2 Å². The summed E-state index contributed by atoms with van der Waals surface area (Å²) in [5.41, 5.74) is 7.64. The summed E-state index contributed by atoms with van der Waals surface area (Å²) in [6.07, 6.45) is 0.968. The third kappa shape index (κ3) is 7.81. The summed E-state index contributed by atoms with van der Waals surface area (Å²) in [4.78, 5) is 26.4. The molecule has 1 unspecified atom stereocenters. The summed E-state index contributed by atoms with van der Waals surface area (Å²) < 4.78 is 0. The number of nitrogens with zero attached hydrogens (tertiary/aromatic N) is 1. The Morgan fingerprint density at radius 1 is 1.04 bits per heavy atom. The lowest BCUT2D eigenvalue weighted by atomic mass is 10.0. The molecule has 0 saturated heterocycles. The molecule has 0 spiro atoms. The van der Waals surface area contributed by atoms with Crippen molar-refractivity contribution < 1.29 is 9.59 Å². The molecule has 2 amide bonds. The van der Waals surface area contributed by atoms with Gasteiger partial charge < -0.3 is 16.0 Å². The van der Waals surface area contributed by atoms with Crippen LogP contribution < -0.4 is 11.1 Å². The molecular formula is C21H28ClN3O2. The van der Waals surface area contributed by atoms with E-state index in [0.29, 0.717) is 19.6 Å². The minimum atomic E-state index is -0.336. The summed E-state index contributed by atoms with van der Waals surface area (Å²) in [7, 11) is 0. The van der Waals surface area contributed by atoms with Crippen LogP contribution in [0.4, 0.5) is 0 Å². The molecule has 0 radical (unpaired) electrons. The van der Waals surface area contributed by atoms with Gasteiger partial charge in [-0.1, -0.05) is 60.7 Å². The van der Waals surface area contributed by atoms with Gasteiger partial charge in [-0.15, -0.1) is 12.4 Å². The zero-order valence-corrected chi connectivity index (χ0v) is 16.5. The van der Waals surface area contributed by atoms with Gasteiger partial charge in [0.25, 0.3) is 0 Å². The van der Waals surface area contributed by atoms with Crippen molar-refractivity contribution in [1.82, 2.24) is 10.2 Å². The van der Waals surface area contributed by atoms with Gasteiger partial charge in [-0.05, 0) is 24.1 Å². The van der Waals surface area contributed by atoms with Crippen molar-refractivity contribution in [3.05, 3.63) is 71.8 Å². The standard InChI is InChI=1S/C21H27N3O2.ClH/c1-17(25)23-20(19-11-6-3-7-12-19)15-21(26)24(14-8-13-22)16-18-9-4-2-5-10-18;/h2-7,9-12,20H,8,13-16,22H2,1H3,(H,23,25);1H. The number of nitrogens with one attached hydrogen (secondary N) is 1. The maximum Gasteiger partial charge on any atom is 0.225 e. The average Bonchev–Trinajstić information content (AvgIpc) is 2.65. The van der Waals surface area contributed by atoms with Gasteiger partial charge in [0, 0.05) is 20.0 Å². The first-order valence-corrected chi connectivity index (χ1v) is 8.94. The highest BCUT2D eigenvalue weighted by Crippen LogP contribution is 2.19. The van der Waals surface area contributed by atoms with Gasteiger partial charge in [-0.25, -0.2) is 0 Å². The van der Waals surface area contributed by atoms with Crippen LogP contribution >= 0.6 is 12.4 Å². The third-order valence-electron chi connectivity index (χ3n) is 4.16. The first-order chi connectivity index (χ1) is 12.6. The quantitative estimate of drug-likeness (QED) is 0.692. The maximum absolute atomic E-state index is 13.0. The highest BCUT2D eigenvalue weighted by Gasteiger charge is 2.21. The molecule has 0 saturated carbocycles. The molecule has 0 aliphatic carbocycles. The summed E-state index contributed by atoms with van der Waals surface area (Å²) in [6, 6.07) is 19.1. The van der Waals surface area contributed by atoms with Gasteiger partial charge in [-0.2, -0.15) is 0 Å². The number of nitrogens with two attached hydrogens (primary N) is 1. The SMILES string of the molecule is CC(=O)NC(CC(=O)N(CCCN)Cc1ccccc1)c1ccccc1.Cl. The van der Waals surface area contributed by atoms with Crippen LogP contribution in [-0.2, 0) is 16.1 Å². The van der Waals surface area contributed by atoms with Crippen molar-refractivity contribution in [2.45, 2.75) is 32.4 Å². The number of carbonyl (C=O) groups excluding carboxylic acids is 2. The van der Waals surface area contributed by atoms with Gasteiger partial charge in [0.05, 0.1) is 12.5 Å². The Labute approximate surface area is 167 Å². The van der Waals surface area contributed by atoms with Gasteiger partial charge in [0.15, 0.2) is 0 Å². The minimum Gasteiger partial charge on any atom is -0.349 e. The zero-order valence-electron chi connectivity index (χ0n) is 15.6. The Kier molecular flexibility index (Phi) is 10.2. The summed E-state index contributed by atoms with van der Waals surface area (Å²) >= 11 is 0. The fourth-order valence-corrected chi connectivity index (χ4v) is 2.86. The van der Waals surface area contributed by atoms with E-state index in [1.165, 1.54) is 6.92 Å². The zero-order chi connectivity index (χ0) is 18.8. The molecule has 0 aromatic heterocycles. The average molecular weight is 390 g/mol. The third-order valence-corrected chi connectivity index (χ3v) is 4.16. The van der Waals surface area contributed by atoms with Crippen LogP contribution in [0, 0.1) is 0 Å². The van der Waals surface area contributed by atoms with Crippen molar-refractivity contribution in [3.63, 3.8) is 0 Å². The lowest BCUT2D eigenvalue weighted by Gasteiger charge is -2.26. The van der Waals surface area contributed by atoms with E-state index in [4.69, 9.17) is 5.73 Å². The Hall–Kier alpha value is -2.37. The second-order valence-electron chi connectivity index (χ2n) is 6.31. The van der Waals surface area contributed by atoms with Crippen LogP contribution in [0.2, 0.25) is 0 Å². The van der Waals surface area contributed by atoms with Crippen molar-refractivity contribution in [3.8, 4) is 0 Å². The van der Waals surface area contributed by atoms with Gasteiger partial charge in [0.2, 0.25) is 11.8 Å². The number of benzene rings is 2. The molecule has 27 heavy (non-hydrogen) atoms. The predicted octanol–water partition coefficient (Wildman–Crippen LogP) is 3.05. The first-order valence-electron chi connectivity index (χ1n) is 8.94. The Bertz CT molecular complexity index is 695. The van der Waals surface area contributed by atoms with E-state index >= 15 is 0 Å². The molecule has 0 fully saturated rings. The molecule has 5 nitrogen and oxygen atoms in total. The van der Waals surface area contributed by atoms with Gasteiger partial charge in [-0.3, -0.25) is 9.59 Å². The van der Waals surface area contributed by atoms with E-state index in [1.54, 1.807) is 0 Å². The van der Waals surface area contributed by atoms with E-state index in [9.17, 15) is 9.59 Å². The minimum absolute atomic E-state index is 0. The molecule has 0 bridgehead atoms. The van der Waals surface area contributed by atoms with Crippen LogP contribution in [0.3, 0.4) is 0 Å². The number of amides is 2. The molecule has 0 aliphatic rings. The Morgan fingerprint density at radius 3 is 2.19 bits per heavy atom. The molecular weight excluding hydrogens is 362 g/mol. The van der Waals surface area contributed by atoms with Gasteiger partial charge >= 0.3 is 0 Å². The van der Waals surface area contributed by atoms with Gasteiger partial charge in [0.1, 0.15) is 0 Å². The molecule has 0 heterocycles. The number of rotatable bonds is 9. The molecule has 2 aromatic carbocycles. The number of hydrogen-bond acceptors (Lipinski definition) is 3. The van der Waals surface area contributed by atoms with Crippen molar-refractivity contribution in [2.24, 2.45) is 5.73 Å². The predicted molar refractivity (Wildman–Crippen MR) is 110 cm³/mol. The number of halogens is 1. The molecule has 1 atom stereocenters. The van der Waals surface area contributed by atoms with Crippen LogP contribution in [0.15, 0.2) is 60.7 Å². The lowest BCUT2D eigenvalue weighted by Crippen LogP contribution is -2.36. The second-order valence-corrected chi connectivity index (χ2v) is 6.31. The molecule has 0 aliphatic heterocycles. The van der Waals surface area contributed by atoms with Crippen molar-refractivity contribution in [2.75, 3.05) is 13.1 Å².